The van der Waals surface area contributed by atoms with Crippen LogP contribution < -0.4 is 9.47 Å². The normalized spacial score (nSPS) is 26.3. The molecule has 0 radical (unpaired) electrons. The number of amides is 1. The molecule has 2 fully saturated rings. The summed E-state index contributed by atoms with van der Waals surface area (Å²) >= 11 is 0. The molecule has 1 spiro atoms. The smallest absolute Gasteiger partial charge is 0.299 e. The van der Waals surface area contributed by atoms with Crippen molar-refractivity contribution in [3.05, 3.63) is 89.0 Å². The lowest BCUT2D eigenvalue weighted by atomic mass is 9.50. The average Bonchev–Trinajstić information content (AvgIpc) is 3.38. The number of nitrogens with zero attached hydrogens (tertiary/aromatic N) is 2. The quantitative estimate of drug-likeness (QED) is 0.364. The largest absolute Gasteiger partial charge is 0.508 e. The lowest BCUT2D eigenvalue weighted by Gasteiger charge is -2.60. The summed E-state index contributed by atoms with van der Waals surface area (Å²) in [7, 11) is 1.64. The van der Waals surface area contributed by atoms with Crippen LogP contribution in [0, 0.1) is 23.7 Å². The van der Waals surface area contributed by atoms with Crippen LogP contribution in [0.2, 0.25) is 0 Å². The maximum absolute atomic E-state index is 13.9. The van der Waals surface area contributed by atoms with Gasteiger partial charge in [-0.05, 0) is 68.2 Å². The van der Waals surface area contributed by atoms with E-state index in [0.717, 1.165) is 67.6 Å². The first-order chi connectivity index (χ1) is 21.4. The van der Waals surface area contributed by atoms with Gasteiger partial charge in [-0.3, -0.25) is 9.69 Å². The third kappa shape index (κ3) is 4.73. The predicted molar refractivity (Wildman–Crippen MR) is 171 cm³/mol. The fourth-order valence-electron chi connectivity index (χ4n) is 8.80. The third-order valence-electron chi connectivity index (χ3n) is 10.6. The fourth-order valence-corrected chi connectivity index (χ4v) is 8.80. The monoisotopic (exact) mass is 590 g/mol. The van der Waals surface area contributed by atoms with E-state index in [4.69, 9.17) is 9.47 Å². The summed E-state index contributed by atoms with van der Waals surface area (Å²) in [5.41, 5.74) is 4.04. The van der Waals surface area contributed by atoms with Gasteiger partial charge in [0.15, 0.2) is 11.5 Å². The third-order valence-corrected chi connectivity index (χ3v) is 10.6. The molecule has 1 saturated heterocycles. The van der Waals surface area contributed by atoms with Crippen LogP contribution in [0.1, 0.15) is 55.4 Å². The lowest BCUT2D eigenvalue weighted by Crippen LogP contribution is -2.69. The molecule has 6 heteroatoms. The van der Waals surface area contributed by atoms with Gasteiger partial charge in [0.1, 0.15) is 11.9 Å². The zero-order valence-electron chi connectivity index (χ0n) is 26.0. The minimum Gasteiger partial charge on any atom is -0.508 e. The minimum absolute atomic E-state index is 0.118. The van der Waals surface area contributed by atoms with Crippen LogP contribution in [-0.4, -0.2) is 65.7 Å². The Hall–Kier alpha value is -3.95. The molecule has 1 N–H and O–H groups in total. The molecule has 0 unspecified atom stereocenters. The number of carbonyl (C=O) groups excluding carboxylic acids is 1. The van der Waals surface area contributed by atoms with E-state index in [2.05, 4.69) is 60.9 Å². The van der Waals surface area contributed by atoms with E-state index < -0.39 is 0 Å². The lowest BCUT2D eigenvalue weighted by molar-refractivity contribution is -0.137. The number of phenols is 1. The van der Waals surface area contributed by atoms with Crippen LogP contribution in [0.25, 0.3) is 0 Å². The summed E-state index contributed by atoms with van der Waals surface area (Å²) in [6.45, 7) is 6.87. The second kappa shape index (κ2) is 11.5. The number of phenolic OH excluding ortho intramolecular Hbond substituents is 1. The molecule has 1 saturated carbocycles. The van der Waals surface area contributed by atoms with Gasteiger partial charge < -0.3 is 19.5 Å². The number of aromatic hydroxyl groups is 1. The highest BCUT2D eigenvalue weighted by molar-refractivity contribution is 5.94. The average molecular weight is 591 g/mol. The molecule has 44 heavy (non-hydrogen) atoms. The molecule has 2 aliphatic carbocycles. The Morgan fingerprint density at radius 2 is 1.89 bits per heavy atom. The molecule has 6 nitrogen and oxygen atoms in total. The molecule has 3 aromatic carbocycles. The Labute approximate surface area is 261 Å². The maximum Gasteiger partial charge on any atom is 0.299 e. The molecule has 5 atom stereocenters. The highest BCUT2D eigenvalue weighted by Gasteiger charge is 2.67. The van der Waals surface area contributed by atoms with Gasteiger partial charge >= 0.3 is 0 Å². The van der Waals surface area contributed by atoms with E-state index in [9.17, 15) is 9.90 Å². The topological polar surface area (TPSA) is 62.2 Å². The Bertz CT molecular complexity index is 1590. The van der Waals surface area contributed by atoms with Gasteiger partial charge in [0.05, 0.1) is 13.2 Å². The summed E-state index contributed by atoms with van der Waals surface area (Å²) in [5, 5.41) is 11.4. The number of hydrogen-bond donors (Lipinski definition) is 1. The maximum atomic E-state index is 13.9. The first kappa shape index (κ1) is 28.8. The van der Waals surface area contributed by atoms with Crippen molar-refractivity contribution in [1.29, 1.82) is 0 Å². The van der Waals surface area contributed by atoms with E-state index in [0.29, 0.717) is 30.0 Å². The highest BCUT2D eigenvalue weighted by atomic mass is 16.5. The summed E-state index contributed by atoms with van der Waals surface area (Å²) in [4.78, 5) is 18.6. The van der Waals surface area contributed by atoms with E-state index in [1.165, 1.54) is 5.56 Å². The van der Waals surface area contributed by atoms with Crippen molar-refractivity contribution in [2.45, 2.75) is 69.6 Å². The molecule has 3 aromatic rings. The molecule has 4 aliphatic rings. The van der Waals surface area contributed by atoms with Crippen molar-refractivity contribution in [2.24, 2.45) is 11.8 Å². The molecule has 1 amide bonds. The Morgan fingerprint density at radius 1 is 1.14 bits per heavy atom. The van der Waals surface area contributed by atoms with Crippen LogP contribution in [0.5, 0.6) is 17.2 Å². The van der Waals surface area contributed by atoms with Crippen LogP contribution in [0.3, 0.4) is 0 Å². The van der Waals surface area contributed by atoms with Crippen LogP contribution in [0.15, 0.2) is 66.7 Å². The van der Waals surface area contributed by atoms with Gasteiger partial charge in [-0.1, -0.05) is 68.3 Å². The van der Waals surface area contributed by atoms with E-state index in [1.807, 2.05) is 35.2 Å². The van der Waals surface area contributed by atoms with Crippen LogP contribution in [-0.2, 0) is 23.1 Å². The van der Waals surface area contributed by atoms with Crippen LogP contribution >= 0.6 is 0 Å². The zero-order valence-corrected chi connectivity index (χ0v) is 26.0. The number of hydrogen-bond acceptors (Lipinski definition) is 5. The first-order valence-electron chi connectivity index (χ1n) is 16.2. The number of rotatable bonds is 7. The SMILES string of the molecule is COc1cc(O)c2c3c1O[C@H]1[C@H](N(CC(C)C)C(=O)C#Cc4ccccc4)CC[C@H]4[C@@H](C2)N(CCc2ccccc2)CC[C@@]341. The van der Waals surface area contributed by atoms with E-state index >= 15 is 0 Å². The van der Waals surface area contributed by atoms with Gasteiger partial charge in [0, 0.05) is 53.2 Å². The molecule has 2 aliphatic heterocycles. The molecular formula is C38H42N2O4. The standard InChI is InChI=1S/C38H42N2O4/c1-25(2)24-40(34(42)17-14-26-10-6-4-7-11-26)30-16-15-29-31-22-28-32(41)23-33(43-3)36-35(28)38(29,37(30)44-36)19-21-39(31)20-18-27-12-8-5-9-13-27/h4-13,23,25,29-31,37,41H,15-16,18-22,24H2,1-3H3/t29-,30+,31+,37-,38-/m0/s1. The van der Waals surface area contributed by atoms with Gasteiger partial charge in [-0.2, -0.15) is 0 Å². The highest BCUT2D eigenvalue weighted by Crippen LogP contribution is 2.65. The van der Waals surface area contributed by atoms with Crippen molar-refractivity contribution in [3.8, 4) is 29.1 Å². The number of ether oxygens (including phenoxy) is 2. The molecule has 228 valence electrons. The van der Waals surface area contributed by atoms with Crippen molar-refractivity contribution >= 4 is 5.91 Å². The molecular weight excluding hydrogens is 548 g/mol. The molecule has 0 aromatic heterocycles. The molecule has 2 heterocycles. The van der Waals surface area contributed by atoms with E-state index in [-0.39, 0.29) is 29.4 Å². The van der Waals surface area contributed by atoms with Crippen molar-refractivity contribution < 1.29 is 19.4 Å². The van der Waals surface area contributed by atoms with Gasteiger partial charge in [0.2, 0.25) is 0 Å². The van der Waals surface area contributed by atoms with Crippen molar-refractivity contribution in [1.82, 2.24) is 9.80 Å². The number of methoxy groups -OCH3 is 1. The summed E-state index contributed by atoms with van der Waals surface area (Å²) in [6, 6.07) is 22.3. The Balaban J connectivity index is 1.27. The van der Waals surface area contributed by atoms with Gasteiger partial charge in [-0.25, -0.2) is 0 Å². The summed E-state index contributed by atoms with van der Waals surface area (Å²) < 4.78 is 12.8. The van der Waals surface area contributed by atoms with Crippen molar-refractivity contribution in [3.63, 3.8) is 0 Å². The number of carbonyl (C=O) groups is 1. The Kier molecular flexibility index (Phi) is 7.54. The Morgan fingerprint density at radius 3 is 2.61 bits per heavy atom. The zero-order chi connectivity index (χ0) is 30.4. The molecule has 2 bridgehead atoms. The summed E-state index contributed by atoms with van der Waals surface area (Å²) in [5.74, 6) is 8.23. The van der Waals surface area contributed by atoms with Crippen LogP contribution in [0.4, 0.5) is 0 Å². The van der Waals surface area contributed by atoms with Gasteiger partial charge in [-0.15, -0.1) is 0 Å². The second-order valence-electron chi connectivity index (χ2n) is 13.4. The molecule has 7 rings (SSSR count). The fraction of sp³-hybridized carbons (Fsp3) is 0.447. The number of benzene rings is 3. The van der Waals surface area contributed by atoms with E-state index in [1.54, 1.807) is 13.2 Å². The number of likely N-dealkylation sites (tertiary alicyclic amines) is 1. The van der Waals surface area contributed by atoms with Crippen molar-refractivity contribution in [2.75, 3.05) is 26.7 Å². The minimum atomic E-state index is -0.284. The predicted octanol–water partition coefficient (Wildman–Crippen LogP) is 5.59. The second-order valence-corrected chi connectivity index (χ2v) is 13.4. The first-order valence-corrected chi connectivity index (χ1v) is 16.2. The number of piperidine rings is 1. The summed E-state index contributed by atoms with van der Waals surface area (Å²) in [6.07, 6.45) is 4.38. The van der Waals surface area contributed by atoms with Gasteiger partial charge in [0.25, 0.3) is 5.91 Å².